The number of para-hydroxylation sites is 1. The summed E-state index contributed by atoms with van der Waals surface area (Å²) in [5.41, 5.74) is 0.428. The SMILES string of the molecule is CCOC(=O)CN(c1ccccc1Br)S(=O)(=O)CC. The molecule has 7 heteroatoms. The van der Waals surface area contributed by atoms with Crippen molar-refractivity contribution in [1.29, 1.82) is 0 Å². The van der Waals surface area contributed by atoms with E-state index in [1.165, 1.54) is 6.92 Å². The van der Waals surface area contributed by atoms with Crippen LogP contribution in [-0.2, 0) is 19.6 Å². The molecule has 0 atom stereocenters. The van der Waals surface area contributed by atoms with Crippen LogP contribution in [0.25, 0.3) is 0 Å². The molecule has 0 spiro atoms. The Bertz CT molecular complexity index is 544. The molecular formula is C12H16BrNO4S. The van der Waals surface area contributed by atoms with E-state index in [0.29, 0.717) is 10.2 Å². The highest BCUT2D eigenvalue weighted by Crippen LogP contribution is 2.27. The molecule has 0 saturated heterocycles. The first kappa shape index (κ1) is 16.0. The summed E-state index contributed by atoms with van der Waals surface area (Å²) in [6, 6.07) is 6.84. The maximum Gasteiger partial charge on any atom is 0.326 e. The summed E-state index contributed by atoms with van der Waals surface area (Å²) in [7, 11) is -3.55. The molecule has 0 aromatic heterocycles. The first-order valence-corrected chi connectivity index (χ1v) is 8.23. The van der Waals surface area contributed by atoms with Crippen LogP contribution in [-0.4, -0.2) is 33.3 Å². The van der Waals surface area contributed by atoms with Gasteiger partial charge in [0.15, 0.2) is 0 Å². The summed E-state index contributed by atoms with van der Waals surface area (Å²) in [5.74, 6) is -0.663. The predicted molar refractivity (Wildman–Crippen MR) is 77.6 cm³/mol. The van der Waals surface area contributed by atoms with Crippen molar-refractivity contribution >= 4 is 37.6 Å². The Balaban J connectivity index is 3.14. The third-order valence-electron chi connectivity index (χ3n) is 2.40. The Morgan fingerprint density at radius 1 is 1.32 bits per heavy atom. The van der Waals surface area contributed by atoms with Crippen molar-refractivity contribution in [2.24, 2.45) is 0 Å². The second-order valence-corrected chi connectivity index (χ2v) is 6.70. The summed E-state index contributed by atoms with van der Waals surface area (Å²) in [6.45, 7) is 3.10. The molecule has 0 aliphatic heterocycles. The van der Waals surface area contributed by atoms with E-state index < -0.39 is 16.0 Å². The number of ether oxygens (including phenoxy) is 1. The van der Waals surface area contributed by atoms with E-state index in [9.17, 15) is 13.2 Å². The fourth-order valence-electron chi connectivity index (χ4n) is 1.47. The number of hydrogen-bond donors (Lipinski definition) is 0. The molecule has 0 radical (unpaired) electrons. The fourth-order valence-corrected chi connectivity index (χ4v) is 3.16. The average Bonchev–Trinajstić information content (AvgIpc) is 2.37. The molecule has 19 heavy (non-hydrogen) atoms. The number of anilines is 1. The highest BCUT2D eigenvalue weighted by atomic mass is 79.9. The molecule has 5 nitrogen and oxygen atoms in total. The number of rotatable bonds is 6. The molecule has 1 rings (SSSR count). The van der Waals surface area contributed by atoms with Crippen molar-refractivity contribution in [3.8, 4) is 0 Å². The molecule has 0 heterocycles. The van der Waals surface area contributed by atoms with Gasteiger partial charge in [-0.05, 0) is 41.9 Å². The van der Waals surface area contributed by atoms with Crippen LogP contribution in [0.1, 0.15) is 13.8 Å². The van der Waals surface area contributed by atoms with Gasteiger partial charge in [0, 0.05) is 4.47 Å². The third kappa shape index (κ3) is 4.21. The van der Waals surface area contributed by atoms with Gasteiger partial charge in [0.1, 0.15) is 6.54 Å². The number of esters is 1. The Kier molecular flexibility index (Phi) is 5.81. The number of halogens is 1. The van der Waals surface area contributed by atoms with Crippen LogP contribution in [0.3, 0.4) is 0 Å². The number of carbonyl (C=O) groups excluding carboxylic acids is 1. The number of benzene rings is 1. The zero-order valence-electron chi connectivity index (χ0n) is 10.8. The Morgan fingerprint density at radius 2 is 1.95 bits per heavy atom. The highest BCUT2D eigenvalue weighted by Gasteiger charge is 2.25. The van der Waals surface area contributed by atoms with Gasteiger partial charge >= 0.3 is 5.97 Å². The maximum atomic E-state index is 12.1. The average molecular weight is 350 g/mol. The zero-order valence-corrected chi connectivity index (χ0v) is 13.2. The van der Waals surface area contributed by atoms with Gasteiger partial charge in [0.05, 0.1) is 18.0 Å². The summed E-state index contributed by atoms with van der Waals surface area (Å²) >= 11 is 3.29. The van der Waals surface area contributed by atoms with Gasteiger partial charge in [-0.2, -0.15) is 0 Å². The molecule has 0 fully saturated rings. The van der Waals surface area contributed by atoms with Crippen molar-refractivity contribution in [1.82, 2.24) is 0 Å². The van der Waals surface area contributed by atoms with Gasteiger partial charge in [0.2, 0.25) is 10.0 Å². The molecule has 0 unspecified atom stereocenters. The normalized spacial score (nSPS) is 11.1. The monoisotopic (exact) mass is 349 g/mol. The zero-order chi connectivity index (χ0) is 14.5. The van der Waals surface area contributed by atoms with Crippen LogP contribution in [0.4, 0.5) is 5.69 Å². The van der Waals surface area contributed by atoms with Gasteiger partial charge in [0.25, 0.3) is 0 Å². The van der Waals surface area contributed by atoms with E-state index >= 15 is 0 Å². The van der Waals surface area contributed by atoms with Crippen LogP contribution in [0.2, 0.25) is 0 Å². The summed E-state index contributed by atoms with van der Waals surface area (Å²) in [6.07, 6.45) is 0. The summed E-state index contributed by atoms with van der Waals surface area (Å²) < 4.78 is 30.7. The van der Waals surface area contributed by atoms with Crippen molar-refractivity contribution < 1.29 is 17.9 Å². The van der Waals surface area contributed by atoms with E-state index in [2.05, 4.69) is 15.9 Å². The van der Waals surface area contributed by atoms with Crippen LogP contribution in [0, 0.1) is 0 Å². The first-order valence-electron chi connectivity index (χ1n) is 5.83. The van der Waals surface area contributed by atoms with Crippen molar-refractivity contribution in [3.05, 3.63) is 28.7 Å². The van der Waals surface area contributed by atoms with Gasteiger partial charge in [-0.25, -0.2) is 8.42 Å². The number of hydrogen-bond acceptors (Lipinski definition) is 4. The minimum Gasteiger partial charge on any atom is -0.465 e. The first-order chi connectivity index (χ1) is 8.92. The minimum atomic E-state index is -3.55. The molecule has 0 aliphatic rings. The minimum absolute atomic E-state index is 0.0895. The fraction of sp³-hybridized carbons (Fsp3) is 0.417. The Morgan fingerprint density at radius 3 is 2.47 bits per heavy atom. The topological polar surface area (TPSA) is 63.7 Å². The maximum absolute atomic E-state index is 12.1. The lowest BCUT2D eigenvalue weighted by Crippen LogP contribution is -2.37. The second-order valence-electron chi connectivity index (χ2n) is 3.66. The molecule has 0 amide bonds. The smallest absolute Gasteiger partial charge is 0.326 e. The number of nitrogens with zero attached hydrogens (tertiary/aromatic N) is 1. The van der Waals surface area contributed by atoms with Crippen LogP contribution < -0.4 is 4.31 Å². The molecule has 0 bridgehead atoms. The van der Waals surface area contributed by atoms with Crippen LogP contribution in [0.15, 0.2) is 28.7 Å². The molecule has 0 saturated carbocycles. The largest absolute Gasteiger partial charge is 0.465 e. The van der Waals surface area contributed by atoms with E-state index in [0.717, 1.165) is 4.31 Å². The molecule has 106 valence electrons. The highest BCUT2D eigenvalue weighted by molar-refractivity contribution is 9.10. The molecule has 1 aromatic rings. The quantitative estimate of drug-likeness (QED) is 0.738. The lowest BCUT2D eigenvalue weighted by molar-refractivity contribution is -0.141. The standard InChI is InChI=1S/C12H16BrNO4S/c1-3-18-12(15)9-14(19(16,17)4-2)11-8-6-5-7-10(11)13/h5-8H,3-4,9H2,1-2H3. The number of sulfonamides is 1. The van der Waals surface area contributed by atoms with Gasteiger partial charge in [-0.1, -0.05) is 12.1 Å². The van der Waals surface area contributed by atoms with E-state index in [4.69, 9.17) is 4.74 Å². The third-order valence-corrected chi connectivity index (χ3v) is 4.80. The van der Waals surface area contributed by atoms with Crippen LogP contribution >= 0.6 is 15.9 Å². The van der Waals surface area contributed by atoms with Crippen molar-refractivity contribution in [2.75, 3.05) is 23.2 Å². The molecule has 1 aromatic carbocycles. The van der Waals surface area contributed by atoms with Crippen molar-refractivity contribution in [3.63, 3.8) is 0 Å². The Labute approximate surface area is 121 Å². The second kappa shape index (κ2) is 6.91. The van der Waals surface area contributed by atoms with Crippen LogP contribution in [0.5, 0.6) is 0 Å². The molecular weight excluding hydrogens is 334 g/mol. The van der Waals surface area contributed by atoms with Gasteiger partial charge in [-0.3, -0.25) is 9.10 Å². The Hall–Kier alpha value is -1.08. The lowest BCUT2D eigenvalue weighted by Gasteiger charge is -2.23. The van der Waals surface area contributed by atoms with E-state index in [-0.39, 0.29) is 18.9 Å². The summed E-state index contributed by atoms with van der Waals surface area (Å²) in [5, 5.41) is 0. The lowest BCUT2D eigenvalue weighted by atomic mass is 10.3. The van der Waals surface area contributed by atoms with Gasteiger partial charge in [-0.15, -0.1) is 0 Å². The molecule has 0 aliphatic carbocycles. The van der Waals surface area contributed by atoms with E-state index in [1.54, 1.807) is 31.2 Å². The molecule has 0 N–H and O–H groups in total. The van der Waals surface area contributed by atoms with Crippen molar-refractivity contribution in [2.45, 2.75) is 13.8 Å². The van der Waals surface area contributed by atoms with E-state index in [1.807, 2.05) is 0 Å². The number of carbonyl (C=O) groups is 1. The summed E-state index contributed by atoms with van der Waals surface area (Å²) in [4.78, 5) is 11.6. The van der Waals surface area contributed by atoms with Gasteiger partial charge < -0.3 is 4.74 Å². The predicted octanol–water partition coefficient (Wildman–Crippen LogP) is 2.17.